The van der Waals surface area contributed by atoms with E-state index >= 15 is 0 Å². The number of unbranched alkanes of at least 4 members (excludes halogenated alkanes) is 28. The van der Waals surface area contributed by atoms with Crippen molar-refractivity contribution in [3.8, 4) is 0 Å². The van der Waals surface area contributed by atoms with Gasteiger partial charge in [-0.3, -0.25) is 19.2 Å². The molecule has 0 saturated carbocycles. The van der Waals surface area contributed by atoms with Crippen molar-refractivity contribution < 1.29 is 19.2 Å². The maximum absolute atomic E-state index is 13.2. The van der Waals surface area contributed by atoms with Gasteiger partial charge in [0.15, 0.2) is 0 Å². The van der Waals surface area contributed by atoms with Gasteiger partial charge in [-0.1, -0.05) is 201 Å². The van der Waals surface area contributed by atoms with Gasteiger partial charge in [-0.25, -0.2) is 0 Å². The van der Waals surface area contributed by atoms with Crippen molar-refractivity contribution in [1.82, 2.24) is 0 Å². The van der Waals surface area contributed by atoms with Crippen LogP contribution in [-0.4, -0.2) is 23.1 Å². The summed E-state index contributed by atoms with van der Waals surface area (Å²) in [6.07, 6.45) is 39.8. The zero-order valence-corrected chi connectivity index (χ0v) is 32.7. The second kappa shape index (κ2) is 36.9. The van der Waals surface area contributed by atoms with Crippen LogP contribution in [0.1, 0.15) is 252 Å². The summed E-state index contributed by atoms with van der Waals surface area (Å²) in [5, 5.41) is 0. The van der Waals surface area contributed by atoms with Crippen LogP contribution in [0, 0.1) is 5.92 Å². The van der Waals surface area contributed by atoms with Gasteiger partial charge in [-0.15, -0.1) is 0 Å². The molecule has 0 amide bonds. The second-order valence-electron chi connectivity index (χ2n) is 15.1. The largest absolute Gasteiger partial charge is 0.299 e. The fourth-order valence-corrected chi connectivity index (χ4v) is 6.98. The van der Waals surface area contributed by atoms with E-state index in [-0.39, 0.29) is 36.0 Å². The van der Waals surface area contributed by atoms with Crippen LogP contribution in [0.3, 0.4) is 0 Å². The van der Waals surface area contributed by atoms with E-state index in [4.69, 9.17) is 0 Å². The summed E-state index contributed by atoms with van der Waals surface area (Å²) in [6.45, 7) is 6.46. The topological polar surface area (TPSA) is 68.3 Å². The molecule has 0 radical (unpaired) electrons. The van der Waals surface area contributed by atoms with Gasteiger partial charge in [-0.2, -0.15) is 0 Å². The Morgan fingerprint density at radius 2 is 0.583 bits per heavy atom. The fraction of sp³-hybridized carbons (Fsp3) is 0.909. The summed E-state index contributed by atoms with van der Waals surface area (Å²) < 4.78 is 0. The van der Waals surface area contributed by atoms with E-state index in [1.165, 1.54) is 154 Å². The lowest BCUT2D eigenvalue weighted by molar-refractivity contribution is -0.138. The third kappa shape index (κ3) is 31.9. The van der Waals surface area contributed by atoms with Gasteiger partial charge in [0.2, 0.25) is 0 Å². The average molecular weight is 675 g/mol. The quantitative estimate of drug-likeness (QED) is 0.0479. The lowest BCUT2D eigenvalue weighted by atomic mass is 9.86. The predicted octanol–water partition coefficient (Wildman–Crippen LogP) is 14.0. The molecule has 0 fully saturated rings. The standard InChI is InChI=1S/C44H82O4/c1-4-7-9-11-13-15-17-19-21-23-25-27-29-31-33-36-43(47)42(39-41(46)38-40(45)35-6-3)44(48)37-34-32-30-28-26-24-22-20-18-16-14-12-10-8-5-2/h42H,4-39H2,1-3H3. The molecule has 0 atom stereocenters. The third-order valence-electron chi connectivity index (χ3n) is 10.2. The van der Waals surface area contributed by atoms with E-state index in [1.807, 2.05) is 6.92 Å². The SMILES string of the molecule is CCCCCCCCCCCCCCCCCC(=O)C(CC(=O)CC(=O)CCC)C(=O)CCCCCCCCCCCCCCCCC. The lowest BCUT2D eigenvalue weighted by Crippen LogP contribution is -2.27. The van der Waals surface area contributed by atoms with Crippen molar-refractivity contribution in [2.75, 3.05) is 0 Å². The number of carbonyl (C=O) groups excluding carboxylic acids is 4. The summed E-state index contributed by atoms with van der Waals surface area (Å²) >= 11 is 0. The molecule has 0 unspecified atom stereocenters. The number of hydrogen-bond acceptors (Lipinski definition) is 4. The Labute approximate surface area is 299 Å². The molecule has 0 aliphatic carbocycles. The van der Waals surface area contributed by atoms with E-state index in [0.29, 0.717) is 25.7 Å². The third-order valence-corrected chi connectivity index (χ3v) is 10.2. The van der Waals surface area contributed by atoms with Crippen LogP contribution in [0.5, 0.6) is 0 Å². The highest BCUT2D eigenvalue weighted by atomic mass is 16.2. The van der Waals surface area contributed by atoms with Gasteiger partial charge in [-0.05, 0) is 19.3 Å². The van der Waals surface area contributed by atoms with Crippen LogP contribution in [0.25, 0.3) is 0 Å². The monoisotopic (exact) mass is 675 g/mol. The van der Waals surface area contributed by atoms with Crippen LogP contribution in [0.2, 0.25) is 0 Å². The maximum Gasteiger partial charge on any atom is 0.143 e. The molecule has 0 heterocycles. The summed E-state index contributed by atoms with van der Waals surface area (Å²) in [7, 11) is 0. The average Bonchev–Trinajstić information content (AvgIpc) is 3.07. The first kappa shape index (κ1) is 46.7. The lowest BCUT2D eigenvalue weighted by Gasteiger charge is -2.14. The molecule has 0 aromatic rings. The highest BCUT2D eigenvalue weighted by Crippen LogP contribution is 2.20. The van der Waals surface area contributed by atoms with Crippen molar-refractivity contribution >= 4 is 23.1 Å². The Kier molecular flexibility index (Phi) is 35.9. The maximum atomic E-state index is 13.2. The minimum atomic E-state index is -0.842. The summed E-state index contributed by atoms with van der Waals surface area (Å²) in [5.74, 6) is -1.32. The van der Waals surface area contributed by atoms with Crippen molar-refractivity contribution in [2.24, 2.45) is 5.92 Å². The highest BCUT2D eigenvalue weighted by molar-refractivity contribution is 6.07. The Morgan fingerprint density at radius 3 is 0.854 bits per heavy atom. The van der Waals surface area contributed by atoms with Crippen LogP contribution < -0.4 is 0 Å². The van der Waals surface area contributed by atoms with Gasteiger partial charge in [0, 0.05) is 25.7 Å². The van der Waals surface area contributed by atoms with E-state index in [1.54, 1.807) is 0 Å². The molecule has 4 heteroatoms. The molecule has 0 bridgehead atoms. The van der Waals surface area contributed by atoms with Gasteiger partial charge in [0.05, 0.1) is 12.3 Å². The Hall–Kier alpha value is -1.32. The molecule has 0 rings (SSSR count). The molecule has 282 valence electrons. The van der Waals surface area contributed by atoms with Gasteiger partial charge in [0.1, 0.15) is 23.1 Å². The van der Waals surface area contributed by atoms with Crippen molar-refractivity contribution in [3.63, 3.8) is 0 Å². The Balaban J connectivity index is 4.19. The summed E-state index contributed by atoms with van der Waals surface area (Å²) in [6, 6.07) is 0. The zero-order chi connectivity index (χ0) is 35.3. The predicted molar refractivity (Wildman–Crippen MR) is 207 cm³/mol. The van der Waals surface area contributed by atoms with Crippen LogP contribution in [0.4, 0.5) is 0 Å². The molecule has 0 aromatic heterocycles. The molecular formula is C44H82O4. The van der Waals surface area contributed by atoms with Crippen molar-refractivity contribution in [1.29, 1.82) is 0 Å². The van der Waals surface area contributed by atoms with Gasteiger partial charge < -0.3 is 0 Å². The highest BCUT2D eigenvalue weighted by Gasteiger charge is 2.28. The summed E-state index contributed by atoms with van der Waals surface area (Å²) in [5.41, 5.74) is 0. The number of Topliss-reactive ketones (excluding diaryl/α,β-unsaturated/α-hetero) is 4. The second-order valence-corrected chi connectivity index (χ2v) is 15.1. The molecule has 0 N–H and O–H groups in total. The first-order chi connectivity index (χ1) is 23.5. The number of carbonyl (C=O) groups is 4. The normalized spacial score (nSPS) is 11.4. The van der Waals surface area contributed by atoms with E-state index in [2.05, 4.69) is 13.8 Å². The first-order valence-corrected chi connectivity index (χ1v) is 21.5. The molecular weight excluding hydrogens is 592 g/mol. The number of hydrogen-bond donors (Lipinski definition) is 0. The van der Waals surface area contributed by atoms with Crippen LogP contribution in [-0.2, 0) is 19.2 Å². The number of ketones is 4. The number of rotatable bonds is 40. The Bertz CT molecular complexity index is 711. The van der Waals surface area contributed by atoms with Crippen LogP contribution in [0.15, 0.2) is 0 Å². The van der Waals surface area contributed by atoms with E-state index < -0.39 is 5.92 Å². The zero-order valence-electron chi connectivity index (χ0n) is 32.7. The minimum absolute atomic E-state index is 0.0769. The van der Waals surface area contributed by atoms with Gasteiger partial charge in [0.25, 0.3) is 0 Å². The van der Waals surface area contributed by atoms with Gasteiger partial charge >= 0.3 is 0 Å². The van der Waals surface area contributed by atoms with Crippen LogP contribution >= 0.6 is 0 Å². The molecule has 0 aromatic carbocycles. The minimum Gasteiger partial charge on any atom is -0.299 e. The molecule has 4 nitrogen and oxygen atoms in total. The smallest absolute Gasteiger partial charge is 0.143 e. The first-order valence-electron chi connectivity index (χ1n) is 21.5. The summed E-state index contributed by atoms with van der Waals surface area (Å²) in [4.78, 5) is 51.0. The molecule has 0 aliphatic rings. The molecule has 48 heavy (non-hydrogen) atoms. The Morgan fingerprint density at radius 1 is 0.312 bits per heavy atom. The molecule has 0 saturated heterocycles. The molecule has 0 aliphatic heterocycles. The van der Waals surface area contributed by atoms with E-state index in [9.17, 15) is 19.2 Å². The van der Waals surface area contributed by atoms with E-state index in [0.717, 1.165) is 38.5 Å². The fourth-order valence-electron chi connectivity index (χ4n) is 6.98. The van der Waals surface area contributed by atoms with Crippen molar-refractivity contribution in [2.45, 2.75) is 252 Å². The molecule has 0 spiro atoms. The van der Waals surface area contributed by atoms with Crippen molar-refractivity contribution in [3.05, 3.63) is 0 Å².